The van der Waals surface area contributed by atoms with Crippen molar-refractivity contribution in [3.05, 3.63) is 40.9 Å². The molecule has 1 amide bonds. The van der Waals surface area contributed by atoms with E-state index in [1.165, 1.54) is 0 Å². The number of nitrogens with one attached hydrogen (secondary N) is 2. The second kappa shape index (κ2) is 8.37. The number of hydrogen-bond donors (Lipinski definition) is 2. The monoisotopic (exact) mass is 408 g/mol. The molecule has 0 atom stereocenters. The minimum absolute atomic E-state index is 0.0546. The van der Waals surface area contributed by atoms with Gasteiger partial charge in [0.15, 0.2) is 5.13 Å². The van der Waals surface area contributed by atoms with E-state index in [-0.39, 0.29) is 23.4 Å². The Kier molecular flexibility index (Phi) is 6.13. The first-order valence-corrected chi connectivity index (χ1v) is 11.2. The summed E-state index contributed by atoms with van der Waals surface area (Å²) in [5.41, 5.74) is 1.51. The molecule has 3 rings (SSSR count). The molecule has 146 valence electrons. The summed E-state index contributed by atoms with van der Waals surface area (Å²) in [5, 5.41) is 5.88. The number of hydrogen-bond acceptors (Lipinski definition) is 6. The maximum Gasteiger partial charge on any atom is 0.241 e. The van der Waals surface area contributed by atoms with Gasteiger partial charge in [0.05, 0.1) is 11.4 Å². The molecule has 0 radical (unpaired) electrons. The van der Waals surface area contributed by atoms with Crippen LogP contribution in [0.15, 0.2) is 34.7 Å². The van der Waals surface area contributed by atoms with Crippen molar-refractivity contribution < 1.29 is 13.2 Å². The normalized spacial score (nSPS) is 15.7. The Bertz CT molecular complexity index is 889. The van der Waals surface area contributed by atoms with Crippen LogP contribution in [-0.4, -0.2) is 45.0 Å². The van der Waals surface area contributed by atoms with Gasteiger partial charge in [-0.2, -0.15) is 0 Å². The van der Waals surface area contributed by atoms with Crippen LogP contribution in [0.1, 0.15) is 24.0 Å². The van der Waals surface area contributed by atoms with Gasteiger partial charge in [-0.15, -0.1) is 11.3 Å². The number of benzene rings is 1. The van der Waals surface area contributed by atoms with Crippen LogP contribution in [0.25, 0.3) is 0 Å². The average Bonchev–Trinajstić information content (AvgIpc) is 3.17. The van der Waals surface area contributed by atoms with Gasteiger partial charge in [-0.1, -0.05) is 12.1 Å². The lowest BCUT2D eigenvalue weighted by molar-refractivity contribution is -0.120. The van der Waals surface area contributed by atoms with Crippen molar-refractivity contribution in [1.29, 1.82) is 0 Å². The summed E-state index contributed by atoms with van der Waals surface area (Å²) in [4.78, 5) is 18.9. The summed E-state index contributed by atoms with van der Waals surface area (Å²) in [6.45, 7) is 4.97. The lowest BCUT2D eigenvalue weighted by Gasteiger charge is -2.32. The van der Waals surface area contributed by atoms with Gasteiger partial charge in [-0.25, -0.2) is 18.1 Å². The van der Waals surface area contributed by atoms with E-state index >= 15 is 0 Å². The second-order valence-corrected chi connectivity index (χ2v) is 9.35. The highest BCUT2D eigenvalue weighted by atomic mass is 32.2. The maximum absolute atomic E-state index is 12.5. The zero-order valence-corrected chi connectivity index (χ0v) is 17.1. The Morgan fingerprint density at radius 2 is 2.04 bits per heavy atom. The molecule has 0 unspecified atom stereocenters. The maximum atomic E-state index is 12.5. The highest BCUT2D eigenvalue weighted by Crippen LogP contribution is 2.22. The lowest BCUT2D eigenvalue weighted by atomic mass is 10.1. The number of piperidine rings is 1. The molecule has 0 spiro atoms. The van der Waals surface area contributed by atoms with E-state index in [0.717, 1.165) is 36.6 Å². The smallest absolute Gasteiger partial charge is 0.241 e. The molecule has 2 heterocycles. The molecule has 2 N–H and O–H groups in total. The number of carbonyl (C=O) groups is 1. The average molecular weight is 409 g/mol. The molecule has 1 aliphatic heterocycles. The van der Waals surface area contributed by atoms with Crippen LogP contribution in [0, 0.1) is 13.8 Å². The standard InChI is InChI=1S/C18H24N4O3S2/c1-13-3-4-14(2)16(11-13)27(24,25)20-12-17(23)21-15-5-8-22(9-6-15)18-19-7-10-26-18/h3-4,7,10-11,15,20H,5-6,8-9,12H2,1-2H3,(H,21,23). The fourth-order valence-corrected chi connectivity index (χ4v) is 5.11. The molecule has 7 nitrogen and oxygen atoms in total. The van der Waals surface area contributed by atoms with Gasteiger partial charge in [-0.05, 0) is 43.9 Å². The molecule has 1 fully saturated rings. The molecule has 1 aromatic carbocycles. The Hall–Kier alpha value is -1.97. The van der Waals surface area contributed by atoms with E-state index in [1.807, 2.05) is 18.4 Å². The third-order valence-corrected chi connectivity index (χ3v) is 6.98. The number of nitrogens with zero attached hydrogens (tertiary/aromatic N) is 2. The van der Waals surface area contributed by atoms with Crippen LogP contribution in [0.3, 0.4) is 0 Å². The molecule has 9 heteroatoms. The van der Waals surface area contributed by atoms with Crippen LogP contribution in [0.2, 0.25) is 0 Å². The second-order valence-electron chi connectivity index (χ2n) is 6.74. The van der Waals surface area contributed by atoms with Crippen LogP contribution in [0.5, 0.6) is 0 Å². The van der Waals surface area contributed by atoms with E-state index < -0.39 is 10.0 Å². The number of thiazole rings is 1. The third kappa shape index (κ3) is 5.06. The number of amides is 1. The zero-order valence-electron chi connectivity index (χ0n) is 15.4. The van der Waals surface area contributed by atoms with Gasteiger partial charge >= 0.3 is 0 Å². The van der Waals surface area contributed by atoms with Crippen molar-refractivity contribution in [2.45, 2.75) is 37.6 Å². The summed E-state index contributed by atoms with van der Waals surface area (Å²) in [6, 6.07) is 5.29. The Morgan fingerprint density at radius 3 is 2.70 bits per heavy atom. The predicted octanol–water partition coefficient (Wildman–Crippen LogP) is 1.82. The molecule has 1 saturated heterocycles. The van der Waals surface area contributed by atoms with Gasteiger partial charge in [0.1, 0.15) is 0 Å². The molecule has 0 saturated carbocycles. The summed E-state index contributed by atoms with van der Waals surface area (Å²) in [7, 11) is -3.71. The van der Waals surface area contributed by atoms with Crippen molar-refractivity contribution in [3.8, 4) is 0 Å². The molecule has 0 aliphatic carbocycles. The molecule has 0 bridgehead atoms. The highest BCUT2D eigenvalue weighted by Gasteiger charge is 2.23. The first-order chi connectivity index (χ1) is 12.8. The molecule has 1 aromatic heterocycles. The summed E-state index contributed by atoms with van der Waals surface area (Å²) in [5.74, 6) is -0.309. The molecule has 2 aromatic rings. The van der Waals surface area contributed by atoms with E-state index in [1.54, 1.807) is 36.6 Å². The van der Waals surface area contributed by atoms with Gasteiger partial charge in [0, 0.05) is 30.7 Å². The fraction of sp³-hybridized carbons (Fsp3) is 0.444. The number of sulfonamides is 1. The number of aryl methyl sites for hydroxylation is 2. The van der Waals surface area contributed by atoms with Crippen molar-refractivity contribution in [1.82, 2.24) is 15.0 Å². The predicted molar refractivity (Wildman–Crippen MR) is 107 cm³/mol. The van der Waals surface area contributed by atoms with Crippen LogP contribution < -0.4 is 14.9 Å². The van der Waals surface area contributed by atoms with Crippen LogP contribution in [0.4, 0.5) is 5.13 Å². The highest BCUT2D eigenvalue weighted by molar-refractivity contribution is 7.89. The lowest BCUT2D eigenvalue weighted by Crippen LogP contribution is -2.47. The van der Waals surface area contributed by atoms with Crippen LogP contribution >= 0.6 is 11.3 Å². The van der Waals surface area contributed by atoms with E-state index in [2.05, 4.69) is 19.9 Å². The van der Waals surface area contributed by atoms with E-state index in [9.17, 15) is 13.2 Å². The number of aromatic nitrogens is 1. The molecule has 1 aliphatic rings. The van der Waals surface area contributed by atoms with Crippen LogP contribution in [-0.2, 0) is 14.8 Å². The molecule has 27 heavy (non-hydrogen) atoms. The largest absolute Gasteiger partial charge is 0.352 e. The molecular formula is C18H24N4O3S2. The topological polar surface area (TPSA) is 91.4 Å². The number of carbonyl (C=O) groups excluding carboxylic acids is 1. The van der Waals surface area contributed by atoms with Crippen molar-refractivity contribution in [2.75, 3.05) is 24.5 Å². The van der Waals surface area contributed by atoms with Gasteiger partial charge in [0.25, 0.3) is 0 Å². The van der Waals surface area contributed by atoms with E-state index in [0.29, 0.717) is 5.56 Å². The summed E-state index contributed by atoms with van der Waals surface area (Å²) in [6.07, 6.45) is 3.42. The third-order valence-electron chi connectivity index (χ3n) is 4.61. The van der Waals surface area contributed by atoms with Crippen molar-refractivity contribution in [2.24, 2.45) is 0 Å². The SMILES string of the molecule is Cc1ccc(C)c(S(=O)(=O)NCC(=O)NC2CCN(c3nccs3)CC2)c1. The minimum atomic E-state index is -3.71. The van der Waals surface area contributed by atoms with E-state index in [4.69, 9.17) is 0 Å². The van der Waals surface area contributed by atoms with Gasteiger partial charge in [0.2, 0.25) is 15.9 Å². The number of anilines is 1. The minimum Gasteiger partial charge on any atom is -0.352 e. The Labute approximate surface area is 163 Å². The Morgan fingerprint density at radius 1 is 1.30 bits per heavy atom. The number of rotatable bonds is 6. The van der Waals surface area contributed by atoms with Gasteiger partial charge < -0.3 is 10.2 Å². The van der Waals surface area contributed by atoms with Crippen molar-refractivity contribution in [3.63, 3.8) is 0 Å². The molecular weight excluding hydrogens is 384 g/mol. The first-order valence-electron chi connectivity index (χ1n) is 8.86. The zero-order chi connectivity index (χ0) is 19.4. The van der Waals surface area contributed by atoms with Crippen molar-refractivity contribution >= 4 is 32.4 Å². The Balaban J connectivity index is 1.49. The first kappa shape index (κ1) is 19.8. The summed E-state index contributed by atoms with van der Waals surface area (Å²) < 4.78 is 27.4. The quantitative estimate of drug-likeness (QED) is 0.761. The fourth-order valence-electron chi connectivity index (χ4n) is 3.10. The summed E-state index contributed by atoms with van der Waals surface area (Å²) >= 11 is 1.61. The van der Waals surface area contributed by atoms with Gasteiger partial charge in [-0.3, -0.25) is 4.79 Å².